The third-order valence-corrected chi connectivity index (χ3v) is 0. The molecular weight excluding hydrogens is 72.1 g/mol. The van der Waals surface area contributed by atoms with Crippen LogP contribution in [0.2, 0.25) is 0 Å². The van der Waals surface area contributed by atoms with Crippen LogP contribution in [0.1, 0.15) is 0 Å². The summed E-state index contributed by atoms with van der Waals surface area (Å²) < 4.78 is 0. The Hall–Kier alpha value is -0.403. The fourth-order valence-electron chi connectivity index (χ4n) is 0. The van der Waals surface area contributed by atoms with Crippen LogP contribution in [0, 0.1) is 0 Å². The maximum Gasteiger partial charge on any atom is 0.373 e. The summed E-state index contributed by atoms with van der Waals surface area (Å²) in [6, 6.07) is 0. The average Bonchev–Trinajstić information content (AvgIpc) is 0.918. The monoisotopic (exact) mass is 72.0 g/mol. The van der Waals surface area contributed by atoms with Crippen LogP contribution in [0.5, 0.6) is 0 Å². The molecule has 0 bridgehead atoms. The molecule has 0 saturated heterocycles. The Kier molecular flexibility index (Phi) is 44.2. The van der Waals surface area contributed by atoms with Gasteiger partial charge in [0.25, 0.3) is 0 Å². The lowest BCUT2D eigenvalue weighted by Gasteiger charge is -0.945. The van der Waals surface area contributed by atoms with Crippen LogP contribution in [0.25, 0.3) is 0 Å². The predicted octanol–water partition coefficient (Wildman–Crippen LogP) is -0.964. The molecule has 0 aromatic carbocycles. The van der Waals surface area contributed by atoms with Gasteiger partial charge in [-0.3, -0.25) is 0 Å². The molecule has 0 aliphatic carbocycles. The molecule has 0 saturated carbocycles. The Morgan fingerprint density at radius 2 is 1.25 bits per heavy atom. The summed E-state index contributed by atoms with van der Waals surface area (Å²) in [6.07, 6.45) is 0.250. The summed E-state index contributed by atoms with van der Waals surface area (Å²) >= 11 is 0. The molecule has 4 radical (unpaired) electrons. The molecule has 2 nitrogen and oxygen atoms in total. The van der Waals surface area contributed by atoms with Gasteiger partial charge in [0.2, 0.25) is 0 Å². The maximum atomic E-state index is 8.12. The SMILES string of the molecule is O=C=O.[Si]. The first-order valence-corrected chi connectivity index (χ1v) is 0.408. The van der Waals surface area contributed by atoms with E-state index < -0.39 is 0 Å². The standard InChI is InChI=1S/CO2.Si/c2-1-3;. The predicted molar refractivity (Wildman–Crippen MR) is 10.8 cm³/mol. The van der Waals surface area contributed by atoms with Gasteiger partial charge in [0.05, 0.1) is 0 Å². The summed E-state index contributed by atoms with van der Waals surface area (Å²) in [5, 5.41) is 0. The van der Waals surface area contributed by atoms with Gasteiger partial charge in [-0.05, 0) is 0 Å². The molecule has 0 rings (SSSR count). The van der Waals surface area contributed by atoms with E-state index in [0.717, 1.165) is 0 Å². The van der Waals surface area contributed by atoms with E-state index >= 15 is 0 Å². The van der Waals surface area contributed by atoms with Gasteiger partial charge in [-0.25, -0.2) is 0 Å². The van der Waals surface area contributed by atoms with Gasteiger partial charge in [-0.2, -0.15) is 9.59 Å². The van der Waals surface area contributed by atoms with Gasteiger partial charge in [-0.1, -0.05) is 0 Å². The first kappa shape index (κ1) is 9.51. The second-order valence-electron chi connectivity index (χ2n) is 0.0833. The van der Waals surface area contributed by atoms with Crippen LogP contribution in [0.15, 0.2) is 0 Å². The smallest absolute Gasteiger partial charge is 0.186 e. The zero-order valence-corrected chi connectivity index (χ0v) is 2.82. The summed E-state index contributed by atoms with van der Waals surface area (Å²) in [5.74, 6) is 0. The van der Waals surface area contributed by atoms with E-state index in [9.17, 15) is 0 Å². The molecule has 0 spiro atoms. The van der Waals surface area contributed by atoms with E-state index in [-0.39, 0.29) is 17.1 Å². The van der Waals surface area contributed by atoms with Crippen molar-refractivity contribution >= 4 is 17.1 Å². The van der Waals surface area contributed by atoms with E-state index in [1.807, 2.05) is 0 Å². The van der Waals surface area contributed by atoms with Gasteiger partial charge in [0.1, 0.15) is 0 Å². The first-order valence-electron chi connectivity index (χ1n) is 0.408. The fraction of sp³-hybridized carbons (Fsp3) is 0. The number of carbonyl (C=O) groups excluding carboxylic acids is 2. The molecule has 0 atom stereocenters. The van der Waals surface area contributed by atoms with Crippen molar-refractivity contribution in [2.45, 2.75) is 0 Å². The molecule has 20 valence electrons. The van der Waals surface area contributed by atoms with Crippen LogP contribution in [0.3, 0.4) is 0 Å². The Balaban J connectivity index is 0. The number of hydrogen-bond acceptors (Lipinski definition) is 2. The summed E-state index contributed by atoms with van der Waals surface area (Å²) in [7, 11) is 0. The first-order chi connectivity index (χ1) is 1.41. The van der Waals surface area contributed by atoms with E-state index in [1.54, 1.807) is 0 Å². The summed E-state index contributed by atoms with van der Waals surface area (Å²) in [5.41, 5.74) is 0. The van der Waals surface area contributed by atoms with Gasteiger partial charge < -0.3 is 0 Å². The molecule has 0 unspecified atom stereocenters. The minimum absolute atomic E-state index is 0. The van der Waals surface area contributed by atoms with Crippen molar-refractivity contribution in [3.63, 3.8) is 0 Å². The molecule has 0 N–H and O–H groups in total. The Bertz CT molecular complexity index is 27.0. The van der Waals surface area contributed by atoms with Crippen LogP contribution >= 0.6 is 0 Å². The summed E-state index contributed by atoms with van der Waals surface area (Å²) in [6.45, 7) is 0. The van der Waals surface area contributed by atoms with Crippen LogP contribution in [0.4, 0.5) is 0 Å². The minimum Gasteiger partial charge on any atom is -0.186 e. The highest BCUT2D eigenvalue weighted by Crippen LogP contribution is 0.787. The van der Waals surface area contributed by atoms with Crippen molar-refractivity contribution in [1.29, 1.82) is 0 Å². The number of rotatable bonds is 0. The Labute approximate surface area is 27.8 Å². The molecule has 3 heteroatoms. The Morgan fingerprint density at radius 3 is 1.25 bits per heavy atom. The maximum absolute atomic E-state index is 8.12. The molecule has 0 aromatic heterocycles. The zero-order valence-electron chi connectivity index (χ0n) is 1.82. The molecule has 0 amide bonds. The highest BCUT2D eigenvalue weighted by Gasteiger charge is 1.13. The fourth-order valence-corrected chi connectivity index (χ4v) is 0. The lowest BCUT2D eigenvalue weighted by Crippen LogP contribution is -1.22. The van der Waals surface area contributed by atoms with E-state index in [2.05, 4.69) is 0 Å². The molecule has 4 heavy (non-hydrogen) atoms. The van der Waals surface area contributed by atoms with Crippen molar-refractivity contribution in [3.05, 3.63) is 0 Å². The van der Waals surface area contributed by atoms with Crippen molar-refractivity contribution in [2.24, 2.45) is 0 Å². The highest BCUT2D eigenvalue weighted by molar-refractivity contribution is 5.75. The molecule has 0 aromatic rings. The third kappa shape index (κ3) is 3.50. The molecule has 0 aliphatic heterocycles. The molecule has 0 fully saturated rings. The van der Waals surface area contributed by atoms with Crippen LogP contribution < -0.4 is 0 Å². The third-order valence-electron chi connectivity index (χ3n) is 0. The van der Waals surface area contributed by atoms with Crippen molar-refractivity contribution < 1.29 is 9.59 Å². The van der Waals surface area contributed by atoms with Crippen molar-refractivity contribution in [1.82, 2.24) is 0 Å². The molecular formula is CO2Si. The van der Waals surface area contributed by atoms with Crippen LogP contribution in [-0.4, -0.2) is 17.1 Å². The topological polar surface area (TPSA) is 34.1 Å². The van der Waals surface area contributed by atoms with Gasteiger partial charge in [0.15, 0.2) is 0 Å². The van der Waals surface area contributed by atoms with Crippen molar-refractivity contribution in [2.75, 3.05) is 0 Å². The Morgan fingerprint density at radius 1 is 1.25 bits per heavy atom. The normalized spacial score (nSPS) is 2.00. The number of hydrogen-bond donors (Lipinski definition) is 0. The quantitative estimate of drug-likeness (QED) is 0.345. The highest BCUT2D eigenvalue weighted by atomic mass is 28.1. The second-order valence-corrected chi connectivity index (χ2v) is 0.0833. The van der Waals surface area contributed by atoms with E-state index in [1.165, 1.54) is 0 Å². The van der Waals surface area contributed by atoms with E-state index in [0.29, 0.717) is 0 Å². The second kappa shape index (κ2) is 18.6. The summed E-state index contributed by atoms with van der Waals surface area (Å²) in [4.78, 5) is 16.2. The lowest BCUT2D eigenvalue weighted by atomic mass is 11.8. The largest absolute Gasteiger partial charge is 0.373 e. The van der Waals surface area contributed by atoms with Crippen LogP contribution in [-0.2, 0) is 9.59 Å². The molecule has 0 aliphatic rings. The average molecular weight is 72.1 g/mol. The van der Waals surface area contributed by atoms with E-state index in [4.69, 9.17) is 9.59 Å². The lowest BCUT2D eigenvalue weighted by molar-refractivity contribution is -0.191. The zero-order chi connectivity index (χ0) is 2.71. The van der Waals surface area contributed by atoms with Gasteiger partial charge in [0, 0.05) is 11.0 Å². The minimum atomic E-state index is 0. The van der Waals surface area contributed by atoms with Gasteiger partial charge in [-0.15, -0.1) is 0 Å². The van der Waals surface area contributed by atoms with Gasteiger partial charge >= 0.3 is 6.15 Å². The molecule has 0 heterocycles. The van der Waals surface area contributed by atoms with Crippen molar-refractivity contribution in [3.8, 4) is 0 Å².